The zero-order chi connectivity index (χ0) is 6.69. The van der Waals surface area contributed by atoms with Crippen molar-refractivity contribution < 1.29 is 20.3 Å². The molecule has 44 valence electrons. The second kappa shape index (κ2) is 3.69. The summed E-state index contributed by atoms with van der Waals surface area (Å²) < 4.78 is 0.915. The maximum Gasteiger partial charge on any atom is 1.00 e. The zero-order valence-corrected chi connectivity index (χ0v) is 5.31. The predicted molar refractivity (Wildman–Crippen MR) is 26.9 cm³/mol. The zero-order valence-electron chi connectivity index (χ0n) is 6.31. The van der Waals surface area contributed by atoms with Crippen molar-refractivity contribution in [2.24, 2.45) is 0 Å². The molecule has 0 N–H and O–H groups in total. The van der Waals surface area contributed by atoms with Crippen LogP contribution in [0, 0.1) is 22.8 Å². The molecule has 0 radical (unpaired) electrons. The van der Waals surface area contributed by atoms with Crippen molar-refractivity contribution in [1.82, 2.24) is 15.0 Å². The van der Waals surface area contributed by atoms with Gasteiger partial charge in [-0.15, -0.1) is 5.10 Å². The molecule has 0 saturated heterocycles. The van der Waals surface area contributed by atoms with Gasteiger partial charge in [0.15, 0.2) is 5.69 Å². The smallest absolute Gasteiger partial charge is 1.00 e. The van der Waals surface area contributed by atoms with Crippen LogP contribution in [0.1, 0.15) is 7.12 Å². The molecule has 0 aliphatic carbocycles. The Hall–Kier alpha value is -1.28. The molecule has 0 aromatic carbocycles. The molecule has 0 atom stereocenters. The third-order valence-electron chi connectivity index (χ3n) is 0.710. The first-order valence-corrected chi connectivity index (χ1v) is 2.09. The van der Waals surface area contributed by atoms with Gasteiger partial charge >= 0.3 is 18.9 Å². The van der Waals surface area contributed by atoms with E-state index in [0.29, 0.717) is 0 Å². The third kappa shape index (κ3) is 1.60. The van der Waals surface area contributed by atoms with E-state index in [1.54, 1.807) is 12.3 Å². The van der Waals surface area contributed by atoms with Gasteiger partial charge in [0.25, 0.3) is 0 Å². The molecule has 1 rings (SSSR count). The van der Waals surface area contributed by atoms with E-state index in [-0.39, 0.29) is 26.0 Å². The van der Waals surface area contributed by atoms with Gasteiger partial charge in [-0.2, -0.15) is 15.2 Å². The van der Waals surface area contributed by atoms with E-state index >= 15 is 0 Å². The second-order valence-corrected chi connectivity index (χ2v) is 1.26. The average Bonchev–Trinajstić information content (AvgIpc) is 2.34. The van der Waals surface area contributed by atoms with Gasteiger partial charge in [-0.05, 0) is 0 Å². The van der Waals surface area contributed by atoms with Crippen molar-refractivity contribution in [1.29, 1.82) is 10.5 Å². The molecule has 0 unspecified atom stereocenters. The minimum Gasteiger partial charge on any atom is -1.00 e. The normalized spacial score (nSPS) is 7.00. The van der Waals surface area contributed by atoms with Crippen LogP contribution in [0.15, 0.2) is 6.20 Å². The second-order valence-electron chi connectivity index (χ2n) is 1.26. The number of nitriles is 2. The van der Waals surface area contributed by atoms with Crippen LogP contribution in [0.2, 0.25) is 0 Å². The summed E-state index contributed by atoms with van der Waals surface area (Å²) in [6, 6.07) is 1.74. The monoisotopic (exact) mass is 127 g/mol. The first-order valence-electron chi connectivity index (χ1n) is 2.09. The minimum atomic E-state index is 0. The first kappa shape index (κ1) is 8.72. The van der Waals surface area contributed by atoms with Gasteiger partial charge in [0.2, 0.25) is 6.19 Å². The number of aromatic nitrogens is 3. The summed E-state index contributed by atoms with van der Waals surface area (Å²) in [7, 11) is 0. The molecule has 0 aliphatic heterocycles. The Kier molecular flexibility index (Phi) is 3.21. The first-order chi connectivity index (χ1) is 4.36. The maximum absolute atomic E-state index is 8.17. The molecule has 0 bridgehead atoms. The fourth-order valence-electron chi connectivity index (χ4n) is 0.364. The van der Waals surface area contributed by atoms with Crippen LogP contribution in [-0.2, 0) is 0 Å². The molecule has 5 nitrogen and oxygen atoms in total. The van der Waals surface area contributed by atoms with E-state index in [1.165, 1.54) is 6.20 Å². The molecule has 0 amide bonds. The maximum atomic E-state index is 8.17. The number of nitrogens with zero attached hydrogens (tertiary/aromatic N) is 5. The molecule has 6 heteroatoms. The van der Waals surface area contributed by atoms with Crippen molar-refractivity contribution in [3.63, 3.8) is 0 Å². The average molecular weight is 127 g/mol. The van der Waals surface area contributed by atoms with Crippen molar-refractivity contribution >= 4 is 0 Å². The molecular weight excluding hydrogens is 125 g/mol. The summed E-state index contributed by atoms with van der Waals surface area (Å²) in [6.07, 6.45) is 2.92. The van der Waals surface area contributed by atoms with Crippen LogP contribution in [-0.4, -0.2) is 15.0 Å². The van der Waals surface area contributed by atoms with Gasteiger partial charge in [-0.3, -0.25) is 0 Å². The number of rotatable bonds is 0. The Morgan fingerprint density at radius 2 is 2.30 bits per heavy atom. The molecule has 1 aromatic rings. The predicted octanol–water partition coefficient (Wildman–Crippen LogP) is -3.40. The van der Waals surface area contributed by atoms with Gasteiger partial charge in [0, 0.05) is 0 Å². The van der Waals surface area contributed by atoms with E-state index in [4.69, 9.17) is 10.5 Å². The summed E-state index contributed by atoms with van der Waals surface area (Å²) in [4.78, 5) is 0. The van der Waals surface area contributed by atoms with Crippen LogP contribution >= 0.6 is 0 Å². The standard InChI is InChI=1S/C4HN5.Li.H/c5-1-4-2-9(3-6)8-7-4;;/h2H;;/q;+1;-1. The quantitative estimate of drug-likeness (QED) is 0.340. The Labute approximate surface area is 70.5 Å². The summed E-state index contributed by atoms with van der Waals surface area (Å²) in [5, 5.41) is 22.9. The van der Waals surface area contributed by atoms with Gasteiger partial charge < -0.3 is 1.43 Å². The van der Waals surface area contributed by atoms with Gasteiger partial charge in [-0.25, -0.2) is 0 Å². The van der Waals surface area contributed by atoms with Crippen LogP contribution in [0.4, 0.5) is 0 Å². The summed E-state index contributed by atoms with van der Waals surface area (Å²) in [5.74, 6) is 0. The van der Waals surface area contributed by atoms with Crippen LogP contribution in [0.25, 0.3) is 0 Å². The minimum absolute atomic E-state index is 0. The summed E-state index contributed by atoms with van der Waals surface area (Å²) >= 11 is 0. The van der Waals surface area contributed by atoms with Crippen molar-refractivity contribution in [3.05, 3.63) is 11.9 Å². The topological polar surface area (TPSA) is 78.3 Å². The SMILES string of the molecule is N#Cc1cn(C#N)nn1.[H-].[Li+]. The molecule has 1 aromatic heterocycles. The largest absolute Gasteiger partial charge is 1.00 e. The summed E-state index contributed by atoms with van der Waals surface area (Å²) in [5.41, 5.74) is 0.150. The van der Waals surface area contributed by atoms with Crippen LogP contribution < -0.4 is 18.9 Å². The molecule has 0 saturated carbocycles. The van der Waals surface area contributed by atoms with Crippen molar-refractivity contribution in [2.45, 2.75) is 0 Å². The Bertz CT molecular complexity index is 266. The van der Waals surface area contributed by atoms with E-state index in [0.717, 1.165) is 4.68 Å². The molecule has 0 spiro atoms. The Morgan fingerprint density at radius 1 is 1.60 bits per heavy atom. The van der Waals surface area contributed by atoms with Gasteiger partial charge in [0.1, 0.15) is 6.07 Å². The molecule has 0 aliphatic rings. The fourth-order valence-corrected chi connectivity index (χ4v) is 0.364. The van der Waals surface area contributed by atoms with Crippen molar-refractivity contribution in [2.75, 3.05) is 0 Å². The van der Waals surface area contributed by atoms with E-state index in [1.807, 2.05) is 0 Å². The molecule has 1 heterocycles. The van der Waals surface area contributed by atoms with E-state index < -0.39 is 0 Å². The van der Waals surface area contributed by atoms with Crippen LogP contribution in [0.3, 0.4) is 0 Å². The van der Waals surface area contributed by atoms with Crippen LogP contribution in [0.5, 0.6) is 0 Å². The Balaban J connectivity index is 0. The summed E-state index contributed by atoms with van der Waals surface area (Å²) in [6.45, 7) is 0. The Morgan fingerprint density at radius 3 is 2.60 bits per heavy atom. The van der Waals surface area contributed by atoms with E-state index in [9.17, 15) is 0 Å². The van der Waals surface area contributed by atoms with Gasteiger partial charge in [0.05, 0.1) is 6.20 Å². The third-order valence-corrected chi connectivity index (χ3v) is 0.710. The number of hydrogen-bond acceptors (Lipinski definition) is 4. The van der Waals surface area contributed by atoms with Gasteiger partial charge in [-0.1, -0.05) is 5.21 Å². The fraction of sp³-hybridized carbons (Fsp3) is 0. The molecular formula is C4H2LiN5. The van der Waals surface area contributed by atoms with Crippen molar-refractivity contribution in [3.8, 4) is 12.3 Å². The van der Waals surface area contributed by atoms with E-state index in [2.05, 4.69) is 10.3 Å². The molecule has 0 fully saturated rings. The number of hydrogen-bond donors (Lipinski definition) is 0. The molecule has 10 heavy (non-hydrogen) atoms.